The van der Waals surface area contributed by atoms with Gasteiger partial charge in [-0.25, -0.2) is 29.9 Å². The van der Waals surface area contributed by atoms with Crippen molar-refractivity contribution in [3.63, 3.8) is 0 Å². The Kier molecular flexibility index (Phi) is 10.0. The third kappa shape index (κ3) is 8.02. The monoisotopic (exact) mass is 798 g/mol. The maximum absolute atomic E-state index is 5.02. The molecule has 0 aliphatic carbocycles. The minimum Gasteiger partial charge on any atom is -0.208 e. The van der Waals surface area contributed by atoms with Crippen molar-refractivity contribution >= 4 is 10.8 Å². The van der Waals surface area contributed by atoms with Crippen molar-refractivity contribution < 1.29 is 0 Å². The lowest BCUT2D eigenvalue weighted by atomic mass is 9.96. The summed E-state index contributed by atoms with van der Waals surface area (Å²) in [6.45, 7) is 8.33. The summed E-state index contributed by atoms with van der Waals surface area (Å²) in [5, 5.41) is 2.30. The number of hydrogen-bond donors (Lipinski definition) is 0. The van der Waals surface area contributed by atoms with Crippen LogP contribution in [0.3, 0.4) is 0 Å². The second kappa shape index (κ2) is 16.2. The topological polar surface area (TPSA) is 77.3 Å². The van der Waals surface area contributed by atoms with Gasteiger partial charge in [-0.3, -0.25) is 0 Å². The SMILES string of the molecule is Cc1ccc(-c2nc(-c3ccc(C)cc3)nc(-c3cccc(-c4ccc5ccc(-c6cccc(-c7nc(-c8ccc(C)cc8)nc(-c8ccc(C)cc8)n7)c6)cc5c4)c3)n2)cc1. The Balaban J connectivity index is 1.00. The van der Waals surface area contributed by atoms with Gasteiger partial charge in [-0.1, -0.05) is 180 Å². The fourth-order valence-corrected chi connectivity index (χ4v) is 7.62. The van der Waals surface area contributed by atoms with Crippen molar-refractivity contribution in [3.8, 4) is 90.6 Å². The van der Waals surface area contributed by atoms with Crippen LogP contribution in [-0.2, 0) is 0 Å². The highest BCUT2D eigenvalue weighted by molar-refractivity contribution is 5.91. The molecule has 6 heteroatoms. The smallest absolute Gasteiger partial charge is 0.164 e. The van der Waals surface area contributed by atoms with E-state index in [9.17, 15) is 0 Å². The van der Waals surface area contributed by atoms with E-state index in [1.807, 2.05) is 0 Å². The highest BCUT2D eigenvalue weighted by atomic mass is 15.0. The molecule has 0 aliphatic rings. The summed E-state index contributed by atoms with van der Waals surface area (Å²) in [6.07, 6.45) is 0. The molecule has 0 radical (unpaired) electrons. The summed E-state index contributed by atoms with van der Waals surface area (Å²) >= 11 is 0. The van der Waals surface area contributed by atoms with E-state index >= 15 is 0 Å². The predicted molar refractivity (Wildman–Crippen MR) is 253 cm³/mol. The van der Waals surface area contributed by atoms with Crippen molar-refractivity contribution in [1.82, 2.24) is 29.9 Å². The largest absolute Gasteiger partial charge is 0.208 e. The molecule has 10 aromatic rings. The molecule has 0 aliphatic heterocycles. The van der Waals surface area contributed by atoms with Gasteiger partial charge in [0.15, 0.2) is 34.9 Å². The van der Waals surface area contributed by atoms with Gasteiger partial charge in [-0.15, -0.1) is 0 Å². The molecule has 8 aromatic carbocycles. The molecule has 0 N–H and O–H groups in total. The summed E-state index contributed by atoms with van der Waals surface area (Å²) in [6, 6.07) is 63.5. The Morgan fingerprint density at radius 2 is 0.452 bits per heavy atom. The Morgan fingerprint density at radius 3 is 0.758 bits per heavy atom. The molecule has 0 amide bonds. The van der Waals surface area contributed by atoms with Crippen LogP contribution in [-0.4, -0.2) is 29.9 Å². The molecule has 2 aromatic heterocycles. The van der Waals surface area contributed by atoms with Crippen LogP contribution in [0, 0.1) is 27.7 Å². The maximum atomic E-state index is 5.02. The van der Waals surface area contributed by atoms with E-state index < -0.39 is 0 Å². The van der Waals surface area contributed by atoms with Gasteiger partial charge < -0.3 is 0 Å². The van der Waals surface area contributed by atoms with Gasteiger partial charge >= 0.3 is 0 Å². The predicted octanol–water partition coefficient (Wildman–Crippen LogP) is 13.8. The van der Waals surface area contributed by atoms with Gasteiger partial charge in [0.25, 0.3) is 0 Å². The average molecular weight is 799 g/mol. The average Bonchev–Trinajstić information content (AvgIpc) is 3.32. The first-order valence-corrected chi connectivity index (χ1v) is 20.8. The quantitative estimate of drug-likeness (QED) is 0.152. The fraction of sp³-hybridized carbons (Fsp3) is 0.0714. The molecule has 0 bridgehead atoms. The molecule has 6 nitrogen and oxygen atoms in total. The van der Waals surface area contributed by atoms with Crippen molar-refractivity contribution in [2.45, 2.75) is 27.7 Å². The normalized spacial score (nSPS) is 11.2. The minimum absolute atomic E-state index is 0.631. The maximum Gasteiger partial charge on any atom is 0.164 e. The van der Waals surface area contributed by atoms with Crippen LogP contribution in [0.1, 0.15) is 22.3 Å². The second-order valence-corrected chi connectivity index (χ2v) is 16.0. The van der Waals surface area contributed by atoms with E-state index in [1.165, 1.54) is 22.3 Å². The molecule has 0 fully saturated rings. The Hall–Kier alpha value is -7.96. The van der Waals surface area contributed by atoms with E-state index in [1.54, 1.807) is 0 Å². The van der Waals surface area contributed by atoms with E-state index in [0.29, 0.717) is 34.9 Å². The number of fused-ring (bicyclic) bond motifs is 1. The third-order valence-electron chi connectivity index (χ3n) is 11.3. The Morgan fingerprint density at radius 1 is 0.210 bits per heavy atom. The first kappa shape index (κ1) is 38.3. The number of rotatable bonds is 8. The first-order chi connectivity index (χ1) is 30.3. The number of aryl methyl sites for hydroxylation is 4. The molecule has 0 spiro atoms. The zero-order valence-corrected chi connectivity index (χ0v) is 35.0. The zero-order valence-electron chi connectivity index (χ0n) is 35.0. The third-order valence-corrected chi connectivity index (χ3v) is 11.3. The van der Waals surface area contributed by atoms with Crippen LogP contribution in [0.5, 0.6) is 0 Å². The van der Waals surface area contributed by atoms with Gasteiger partial charge in [-0.05, 0) is 85.0 Å². The summed E-state index contributed by atoms with van der Waals surface area (Å²) in [4.78, 5) is 29.9. The lowest BCUT2D eigenvalue weighted by molar-refractivity contribution is 1.07. The van der Waals surface area contributed by atoms with Crippen LogP contribution < -0.4 is 0 Å². The second-order valence-electron chi connectivity index (χ2n) is 16.0. The van der Waals surface area contributed by atoms with Gasteiger partial charge in [0.2, 0.25) is 0 Å². The lowest BCUT2D eigenvalue weighted by Crippen LogP contribution is -2.00. The summed E-state index contributed by atoms with van der Waals surface area (Å²) < 4.78 is 0. The fourth-order valence-electron chi connectivity index (χ4n) is 7.62. The molecular weight excluding hydrogens is 757 g/mol. The molecule has 62 heavy (non-hydrogen) atoms. The molecule has 2 heterocycles. The molecule has 0 unspecified atom stereocenters. The highest BCUT2D eigenvalue weighted by Gasteiger charge is 2.16. The van der Waals surface area contributed by atoms with Crippen molar-refractivity contribution in [1.29, 1.82) is 0 Å². The van der Waals surface area contributed by atoms with Crippen LogP contribution in [0.4, 0.5) is 0 Å². The standard InChI is InChI=1S/C56H42N6/c1-35-11-19-40(20-12-35)51-57-52(41-21-13-36(2)14-22-41)60-55(59-51)48-9-5-7-44(31-48)46-29-27-39-28-30-47(34-50(39)33-46)45-8-6-10-49(32-45)56-61-53(42-23-15-37(3)16-24-42)58-54(62-56)43-25-17-38(4)18-26-43/h5-34H,1-4H3. The first-order valence-electron chi connectivity index (χ1n) is 20.8. The number of hydrogen-bond acceptors (Lipinski definition) is 6. The lowest BCUT2D eigenvalue weighted by Gasteiger charge is -2.11. The minimum atomic E-state index is 0.631. The van der Waals surface area contributed by atoms with Gasteiger partial charge in [0, 0.05) is 33.4 Å². The van der Waals surface area contributed by atoms with Crippen molar-refractivity contribution in [2.75, 3.05) is 0 Å². The van der Waals surface area contributed by atoms with Gasteiger partial charge in [0.05, 0.1) is 0 Å². The van der Waals surface area contributed by atoms with Crippen LogP contribution in [0.2, 0.25) is 0 Å². The number of benzene rings is 8. The molecule has 10 rings (SSSR count). The molecule has 0 atom stereocenters. The molecule has 0 saturated carbocycles. The number of nitrogens with zero attached hydrogens (tertiary/aromatic N) is 6. The number of aromatic nitrogens is 6. The van der Waals surface area contributed by atoms with Crippen molar-refractivity contribution in [3.05, 3.63) is 204 Å². The van der Waals surface area contributed by atoms with E-state index in [2.05, 4.69) is 210 Å². The summed E-state index contributed by atoms with van der Waals surface area (Å²) in [5.41, 5.74) is 14.8. The molecule has 296 valence electrons. The zero-order chi connectivity index (χ0) is 42.2. The van der Waals surface area contributed by atoms with Crippen LogP contribution in [0.25, 0.3) is 101 Å². The van der Waals surface area contributed by atoms with Crippen LogP contribution >= 0.6 is 0 Å². The van der Waals surface area contributed by atoms with Gasteiger partial charge in [0.1, 0.15) is 0 Å². The summed E-state index contributed by atoms with van der Waals surface area (Å²) in [7, 11) is 0. The summed E-state index contributed by atoms with van der Waals surface area (Å²) in [5.74, 6) is 3.84. The highest BCUT2D eigenvalue weighted by Crippen LogP contribution is 2.34. The van der Waals surface area contributed by atoms with Gasteiger partial charge in [-0.2, -0.15) is 0 Å². The molecular formula is C56H42N6. The molecule has 0 saturated heterocycles. The Labute approximate surface area is 361 Å². The van der Waals surface area contributed by atoms with Crippen molar-refractivity contribution in [2.24, 2.45) is 0 Å². The van der Waals surface area contributed by atoms with E-state index in [4.69, 9.17) is 29.9 Å². The van der Waals surface area contributed by atoms with Crippen LogP contribution in [0.15, 0.2) is 182 Å². The Bertz CT molecular complexity index is 2900. The van der Waals surface area contributed by atoms with E-state index in [-0.39, 0.29) is 0 Å². The van der Waals surface area contributed by atoms with E-state index in [0.717, 1.165) is 66.4 Å².